The predicted molar refractivity (Wildman–Crippen MR) is 99.0 cm³/mol. The molecule has 1 heterocycles. The van der Waals surface area contributed by atoms with Crippen molar-refractivity contribution in [3.05, 3.63) is 59.7 Å². The quantitative estimate of drug-likeness (QED) is 0.469. The third-order valence-corrected chi connectivity index (χ3v) is 5.16. The van der Waals surface area contributed by atoms with Gasteiger partial charge in [-0.2, -0.15) is 0 Å². The topological polar surface area (TPSA) is 57.0 Å². The number of rotatable bonds is 6. The number of carbonyl (C=O) groups is 1. The molecule has 3 rings (SSSR count). The Morgan fingerprint density at radius 3 is 2.52 bits per heavy atom. The second-order valence-electron chi connectivity index (χ2n) is 5.84. The molecular formula is C19H17F2N3O2S. The fourth-order valence-corrected chi connectivity index (χ4v) is 3.41. The van der Waals surface area contributed by atoms with Crippen LogP contribution in [0.4, 0.5) is 8.78 Å². The van der Waals surface area contributed by atoms with Gasteiger partial charge in [-0.05, 0) is 49.4 Å². The first-order valence-corrected chi connectivity index (χ1v) is 8.98. The number of Topliss-reactive ketones (excluding diaryl/α,β-unsaturated/α-hetero) is 1. The second kappa shape index (κ2) is 7.87. The summed E-state index contributed by atoms with van der Waals surface area (Å²) in [5, 5.41) is 8.12. The highest BCUT2D eigenvalue weighted by Crippen LogP contribution is 2.28. The summed E-state index contributed by atoms with van der Waals surface area (Å²) in [5.41, 5.74) is 0.570. The van der Waals surface area contributed by atoms with Gasteiger partial charge < -0.3 is 9.30 Å². The molecule has 27 heavy (non-hydrogen) atoms. The van der Waals surface area contributed by atoms with E-state index in [0.717, 1.165) is 41.3 Å². The number of methoxy groups -OCH3 is 1. The molecule has 8 heteroatoms. The monoisotopic (exact) mass is 389 g/mol. The average Bonchev–Trinajstić information content (AvgIpc) is 3.03. The van der Waals surface area contributed by atoms with E-state index in [9.17, 15) is 13.6 Å². The largest absolute Gasteiger partial charge is 0.497 e. The minimum absolute atomic E-state index is 0.271. The van der Waals surface area contributed by atoms with E-state index in [1.807, 2.05) is 24.3 Å². The number of carbonyl (C=O) groups excluding carboxylic acids is 1. The van der Waals surface area contributed by atoms with Gasteiger partial charge in [0, 0.05) is 12.6 Å². The third-order valence-electron chi connectivity index (χ3n) is 4.03. The summed E-state index contributed by atoms with van der Waals surface area (Å²) < 4.78 is 34.1. The molecule has 1 aromatic heterocycles. The first-order valence-electron chi connectivity index (χ1n) is 8.10. The van der Waals surface area contributed by atoms with Crippen LogP contribution in [0.15, 0.2) is 47.6 Å². The summed E-state index contributed by atoms with van der Waals surface area (Å²) in [4.78, 5) is 12.5. The number of hydrogen-bond donors (Lipinski definition) is 0. The van der Waals surface area contributed by atoms with Crippen LogP contribution < -0.4 is 4.74 Å². The molecule has 0 bridgehead atoms. The van der Waals surface area contributed by atoms with Gasteiger partial charge in [-0.1, -0.05) is 11.8 Å². The lowest BCUT2D eigenvalue weighted by Crippen LogP contribution is -2.16. The molecule has 0 amide bonds. The molecule has 140 valence electrons. The maximum absolute atomic E-state index is 13.8. The van der Waals surface area contributed by atoms with Crippen molar-refractivity contribution in [1.82, 2.24) is 14.8 Å². The maximum Gasteiger partial charge on any atom is 0.191 e. The summed E-state index contributed by atoms with van der Waals surface area (Å²) in [6, 6.07) is 10.2. The maximum atomic E-state index is 13.8. The van der Waals surface area contributed by atoms with E-state index in [2.05, 4.69) is 10.2 Å². The van der Waals surface area contributed by atoms with Crippen LogP contribution in [0.2, 0.25) is 0 Å². The Hall–Kier alpha value is -2.74. The number of hydrogen-bond acceptors (Lipinski definition) is 5. The zero-order chi connectivity index (χ0) is 19.6. The molecule has 0 N–H and O–H groups in total. The van der Waals surface area contributed by atoms with E-state index in [1.165, 1.54) is 0 Å². The van der Waals surface area contributed by atoms with Crippen molar-refractivity contribution in [2.45, 2.75) is 17.3 Å². The zero-order valence-corrected chi connectivity index (χ0v) is 15.8. The fraction of sp³-hybridized carbons (Fsp3) is 0.211. The van der Waals surface area contributed by atoms with E-state index in [4.69, 9.17) is 4.74 Å². The van der Waals surface area contributed by atoms with Gasteiger partial charge in [0.05, 0.1) is 17.9 Å². The van der Waals surface area contributed by atoms with Crippen molar-refractivity contribution in [2.24, 2.45) is 7.05 Å². The number of thioether (sulfide) groups is 1. The van der Waals surface area contributed by atoms with Crippen molar-refractivity contribution in [3.8, 4) is 17.1 Å². The highest BCUT2D eigenvalue weighted by atomic mass is 32.2. The number of benzene rings is 2. The van der Waals surface area contributed by atoms with Crippen molar-refractivity contribution in [3.63, 3.8) is 0 Å². The number of halogens is 2. The molecule has 5 nitrogen and oxygen atoms in total. The van der Waals surface area contributed by atoms with Gasteiger partial charge in [-0.15, -0.1) is 10.2 Å². The summed E-state index contributed by atoms with van der Waals surface area (Å²) in [5.74, 6) is -0.558. The van der Waals surface area contributed by atoms with E-state index >= 15 is 0 Å². The highest BCUT2D eigenvalue weighted by molar-refractivity contribution is 8.00. The molecule has 2 aromatic carbocycles. The van der Waals surface area contributed by atoms with Crippen LogP contribution in [-0.4, -0.2) is 32.9 Å². The van der Waals surface area contributed by atoms with Crippen LogP contribution in [0, 0.1) is 11.6 Å². The van der Waals surface area contributed by atoms with E-state index in [0.29, 0.717) is 11.0 Å². The van der Waals surface area contributed by atoms with Gasteiger partial charge in [0.1, 0.15) is 17.4 Å². The minimum atomic E-state index is -0.745. The molecule has 1 unspecified atom stereocenters. The lowest BCUT2D eigenvalue weighted by Gasteiger charge is -2.11. The Bertz CT molecular complexity index is 974. The molecule has 0 radical (unpaired) electrons. The molecule has 0 fully saturated rings. The van der Waals surface area contributed by atoms with E-state index in [-0.39, 0.29) is 5.56 Å². The van der Waals surface area contributed by atoms with Gasteiger partial charge >= 0.3 is 0 Å². The number of nitrogens with zero attached hydrogens (tertiary/aromatic N) is 3. The zero-order valence-electron chi connectivity index (χ0n) is 14.9. The molecule has 0 aliphatic rings. The Morgan fingerprint density at radius 2 is 1.85 bits per heavy atom. The number of ether oxygens (including phenoxy) is 1. The van der Waals surface area contributed by atoms with Crippen molar-refractivity contribution in [2.75, 3.05) is 7.11 Å². The highest BCUT2D eigenvalue weighted by Gasteiger charge is 2.23. The van der Waals surface area contributed by atoms with E-state index in [1.54, 1.807) is 25.6 Å². The Labute approximate surface area is 159 Å². The van der Waals surface area contributed by atoms with Gasteiger partial charge in [-0.25, -0.2) is 8.78 Å². The molecule has 0 aliphatic carbocycles. The van der Waals surface area contributed by atoms with E-state index < -0.39 is 22.7 Å². The van der Waals surface area contributed by atoms with Gasteiger partial charge in [0.25, 0.3) is 0 Å². The number of aromatic nitrogens is 3. The SMILES string of the molecule is COc1ccc(-c2nnc(SC(C)C(=O)c3cc(F)ccc3F)n2C)cc1. The molecule has 0 saturated carbocycles. The van der Waals surface area contributed by atoms with Crippen molar-refractivity contribution >= 4 is 17.5 Å². The Balaban J connectivity index is 1.80. The molecule has 0 spiro atoms. The molecule has 3 aromatic rings. The Morgan fingerprint density at radius 1 is 1.15 bits per heavy atom. The summed E-state index contributed by atoms with van der Waals surface area (Å²) in [6.45, 7) is 1.62. The van der Waals surface area contributed by atoms with Crippen LogP contribution in [0.3, 0.4) is 0 Å². The summed E-state index contributed by atoms with van der Waals surface area (Å²) in [7, 11) is 3.37. The second-order valence-corrected chi connectivity index (χ2v) is 7.15. The van der Waals surface area contributed by atoms with Crippen LogP contribution in [-0.2, 0) is 7.05 Å². The molecule has 0 saturated heterocycles. The average molecular weight is 389 g/mol. The predicted octanol–water partition coefficient (Wildman–Crippen LogP) is 4.13. The summed E-state index contributed by atoms with van der Waals surface area (Å²) in [6.07, 6.45) is 0. The molecular weight excluding hydrogens is 372 g/mol. The van der Waals surface area contributed by atoms with Crippen molar-refractivity contribution in [1.29, 1.82) is 0 Å². The third kappa shape index (κ3) is 4.00. The van der Waals surface area contributed by atoms with Gasteiger partial charge in [-0.3, -0.25) is 4.79 Å². The molecule has 0 aliphatic heterocycles. The lowest BCUT2D eigenvalue weighted by molar-refractivity contribution is 0.0989. The van der Waals surface area contributed by atoms with Crippen LogP contribution in [0.5, 0.6) is 5.75 Å². The first kappa shape index (κ1) is 19.0. The van der Waals surface area contributed by atoms with Crippen LogP contribution >= 0.6 is 11.8 Å². The standard InChI is InChI=1S/C19H17F2N3O2S/c1-11(17(25)15-10-13(20)6-9-16(15)21)27-19-23-22-18(24(19)2)12-4-7-14(26-3)8-5-12/h4-11H,1-3H3. The first-order chi connectivity index (χ1) is 12.9. The van der Waals surface area contributed by atoms with Crippen molar-refractivity contribution < 1.29 is 18.3 Å². The van der Waals surface area contributed by atoms with Crippen LogP contribution in [0.25, 0.3) is 11.4 Å². The molecule has 1 atom stereocenters. The smallest absolute Gasteiger partial charge is 0.191 e. The normalized spacial score (nSPS) is 12.0. The Kier molecular flexibility index (Phi) is 5.55. The fourth-order valence-electron chi connectivity index (χ4n) is 2.53. The van der Waals surface area contributed by atoms with Gasteiger partial charge in [0.2, 0.25) is 0 Å². The van der Waals surface area contributed by atoms with Gasteiger partial charge in [0.15, 0.2) is 16.8 Å². The number of ketones is 1. The van der Waals surface area contributed by atoms with Crippen LogP contribution in [0.1, 0.15) is 17.3 Å². The lowest BCUT2D eigenvalue weighted by atomic mass is 10.1. The minimum Gasteiger partial charge on any atom is -0.497 e. The summed E-state index contributed by atoms with van der Waals surface area (Å²) >= 11 is 1.14.